The van der Waals surface area contributed by atoms with Crippen LogP contribution in [0.4, 0.5) is 5.00 Å². The summed E-state index contributed by atoms with van der Waals surface area (Å²) in [4.78, 5) is 44.1. The Bertz CT molecular complexity index is 1310. The summed E-state index contributed by atoms with van der Waals surface area (Å²) >= 11 is 1.39. The van der Waals surface area contributed by atoms with Crippen LogP contribution in [0.5, 0.6) is 0 Å². The Balaban J connectivity index is 1.36. The third-order valence-electron chi connectivity index (χ3n) is 6.61. The van der Waals surface area contributed by atoms with Crippen LogP contribution in [-0.2, 0) is 40.0 Å². The summed E-state index contributed by atoms with van der Waals surface area (Å²) in [5.41, 5.74) is 4.49. The van der Waals surface area contributed by atoms with Gasteiger partial charge in [0.15, 0.2) is 6.61 Å². The maximum Gasteiger partial charge on any atom is 0.341 e. The molecule has 176 valence electrons. The predicted octanol–water partition coefficient (Wildman–Crippen LogP) is 4.49. The molecule has 8 heteroatoms. The van der Waals surface area contributed by atoms with Crippen molar-refractivity contribution < 1.29 is 23.9 Å². The van der Waals surface area contributed by atoms with Crippen LogP contribution < -0.4 is 5.32 Å². The SMILES string of the molecule is COC(=O)c1c(NC(=O)COC(=O)c2c3c(nc4ccccc24)CCC(C)C3)sc2c1CCC2. The van der Waals surface area contributed by atoms with Gasteiger partial charge in [-0.25, -0.2) is 9.59 Å². The average molecular weight is 479 g/mol. The fourth-order valence-electron chi connectivity index (χ4n) is 4.97. The number of hydrogen-bond acceptors (Lipinski definition) is 7. The Morgan fingerprint density at radius 3 is 2.74 bits per heavy atom. The predicted molar refractivity (Wildman–Crippen MR) is 130 cm³/mol. The molecule has 0 aliphatic heterocycles. The molecule has 1 atom stereocenters. The molecule has 0 bridgehead atoms. The fourth-order valence-corrected chi connectivity index (χ4v) is 6.27. The van der Waals surface area contributed by atoms with Gasteiger partial charge in [-0.05, 0) is 61.6 Å². The van der Waals surface area contributed by atoms with E-state index in [1.54, 1.807) is 0 Å². The molecule has 2 aromatic heterocycles. The molecule has 1 N–H and O–H groups in total. The van der Waals surface area contributed by atoms with Crippen LogP contribution in [0.25, 0.3) is 10.9 Å². The normalized spacial score (nSPS) is 16.6. The Hall–Kier alpha value is -3.26. The Morgan fingerprint density at radius 2 is 1.91 bits per heavy atom. The monoisotopic (exact) mass is 478 g/mol. The highest BCUT2D eigenvalue weighted by Gasteiger charge is 2.29. The van der Waals surface area contributed by atoms with Gasteiger partial charge in [-0.2, -0.15) is 0 Å². The number of nitrogens with one attached hydrogen (secondary N) is 1. The first-order valence-electron chi connectivity index (χ1n) is 11.6. The van der Waals surface area contributed by atoms with Gasteiger partial charge < -0.3 is 14.8 Å². The van der Waals surface area contributed by atoms with Crippen molar-refractivity contribution in [2.75, 3.05) is 19.0 Å². The minimum Gasteiger partial charge on any atom is -0.465 e. The smallest absolute Gasteiger partial charge is 0.341 e. The Labute approximate surface area is 201 Å². The lowest BCUT2D eigenvalue weighted by atomic mass is 9.84. The summed E-state index contributed by atoms with van der Waals surface area (Å²) in [5.74, 6) is -1.03. The van der Waals surface area contributed by atoms with Crippen molar-refractivity contribution in [3.05, 3.63) is 57.1 Å². The topological polar surface area (TPSA) is 94.6 Å². The van der Waals surface area contributed by atoms with Gasteiger partial charge >= 0.3 is 11.9 Å². The van der Waals surface area contributed by atoms with Crippen molar-refractivity contribution >= 4 is 45.1 Å². The molecule has 0 radical (unpaired) electrons. The van der Waals surface area contributed by atoms with Crippen LogP contribution in [0.3, 0.4) is 0 Å². The first-order chi connectivity index (χ1) is 16.5. The van der Waals surface area contributed by atoms with Crippen LogP contribution in [0, 0.1) is 5.92 Å². The van der Waals surface area contributed by atoms with Crippen LogP contribution in [0.2, 0.25) is 0 Å². The van der Waals surface area contributed by atoms with Crippen molar-refractivity contribution in [2.24, 2.45) is 5.92 Å². The molecule has 1 unspecified atom stereocenters. The summed E-state index contributed by atoms with van der Waals surface area (Å²) in [6.07, 6.45) is 5.27. The minimum atomic E-state index is -0.527. The van der Waals surface area contributed by atoms with Crippen molar-refractivity contribution in [2.45, 2.75) is 45.4 Å². The number of nitrogens with zero attached hydrogens (tertiary/aromatic N) is 1. The molecule has 34 heavy (non-hydrogen) atoms. The second-order valence-electron chi connectivity index (χ2n) is 8.95. The van der Waals surface area contributed by atoms with E-state index in [2.05, 4.69) is 12.2 Å². The number of para-hydroxylation sites is 1. The molecule has 5 rings (SSSR count). The van der Waals surface area contributed by atoms with Crippen LogP contribution >= 0.6 is 11.3 Å². The van der Waals surface area contributed by atoms with E-state index in [-0.39, 0.29) is 0 Å². The number of ether oxygens (including phenoxy) is 2. The molecule has 7 nitrogen and oxygen atoms in total. The number of fused-ring (bicyclic) bond motifs is 3. The third kappa shape index (κ3) is 4.07. The van der Waals surface area contributed by atoms with Crippen molar-refractivity contribution in [3.63, 3.8) is 0 Å². The maximum absolute atomic E-state index is 13.2. The largest absolute Gasteiger partial charge is 0.465 e. The summed E-state index contributed by atoms with van der Waals surface area (Å²) in [6, 6.07) is 7.53. The number of carbonyl (C=O) groups excluding carboxylic acids is 3. The molecule has 1 aromatic carbocycles. The molecule has 0 spiro atoms. The molecular weight excluding hydrogens is 452 g/mol. The first-order valence-corrected chi connectivity index (χ1v) is 12.4. The van der Waals surface area contributed by atoms with E-state index in [9.17, 15) is 14.4 Å². The standard InChI is InChI=1S/C26H26N2O5S/c1-14-10-11-19-17(12-14)22(15-6-3-4-8-18(15)27-19)26(31)33-13-21(29)28-24-23(25(30)32-2)16-7-5-9-20(16)34-24/h3-4,6,8,14H,5,7,9-13H2,1-2H3,(H,28,29). The summed E-state index contributed by atoms with van der Waals surface area (Å²) in [5, 5.41) is 3.95. The summed E-state index contributed by atoms with van der Waals surface area (Å²) in [6.45, 7) is 1.72. The molecule has 0 saturated heterocycles. The summed E-state index contributed by atoms with van der Waals surface area (Å²) in [7, 11) is 1.33. The van der Waals surface area contributed by atoms with E-state index in [0.29, 0.717) is 22.0 Å². The van der Waals surface area contributed by atoms with Gasteiger partial charge in [0.1, 0.15) is 5.00 Å². The number of pyridine rings is 1. The second kappa shape index (κ2) is 9.18. The third-order valence-corrected chi connectivity index (χ3v) is 7.81. The van der Waals surface area contributed by atoms with E-state index in [0.717, 1.165) is 71.1 Å². The lowest BCUT2D eigenvalue weighted by Crippen LogP contribution is -2.24. The van der Waals surface area contributed by atoms with E-state index >= 15 is 0 Å². The number of anilines is 1. The van der Waals surface area contributed by atoms with Gasteiger partial charge in [0.25, 0.3) is 5.91 Å². The van der Waals surface area contributed by atoms with Gasteiger partial charge in [0.05, 0.1) is 23.8 Å². The number of thiophene rings is 1. The number of esters is 2. The zero-order valence-corrected chi connectivity index (χ0v) is 20.0. The molecule has 1 amide bonds. The van der Waals surface area contributed by atoms with E-state index in [1.165, 1.54) is 18.4 Å². The van der Waals surface area contributed by atoms with Crippen molar-refractivity contribution in [3.8, 4) is 0 Å². The number of carbonyl (C=O) groups is 3. The first kappa shape index (κ1) is 22.5. The number of aromatic nitrogens is 1. The van der Waals surface area contributed by atoms with Gasteiger partial charge in [-0.15, -0.1) is 11.3 Å². The number of hydrogen-bond donors (Lipinski definition) is 1. The lowest BCUT2D eigenvalue weighted by molar-refractivity contribution is -0.119. The highest BCUT2D eigenvalue weighted by molar-refractivity contribution is 7.17. The Kier molecular flexibility index (Phi) is 6.08. The lowest BCUT2D eigenvalue weighted by Gasteiger charge is -2.24. The van der Waals surface area contributed by atoms with Crippen LogP contribution in [0.1, 0.15) is 62.2 Å². The average Bonchev–Trinajstić information content (AvgIpc) is 3.41. The Morgan fingerprint density at radius 1 is 1.09 bits per heavy atom. The molecule has 3 aromatic rings. The van der Waals surface area contributed by atoms with E-state index < -0.39 is 24.5 Å². The molecule has 0 fully saturated rings. The van der Waals surface area contributed by atoms with E-state index in [1.807, 2.05) is 24.3 Å². The van der Waals surface area contributed by atoms with E-state index in [4.69, 9.17) is 14.5 Å². The molecule has 2 aliphatic rings. The van der Waals surface area contributed by atoms with Gasteiger partial charge in [0.2, 0.25) is 0 Å². The highest BCUT2D eigenvalue weighted by Crippen LogP contribution is 2.39. The minimum absolute atomic E-state index is 0.419. The van der Waals surface area contributed by atoms with Gasteiger partial charge in [0, 0.05) is 16.0 Å². The molecule has 2 aliphatic carbocycles. The quantitative estimate of drug-likeness (QED) is 0.543. The molecular formula is C26H26N2O5S. The number of rotatable bonds is 5. The molecule has 0 saturated carbocycles. The number of benzene rings is 1. The zero-order valence-electron chi connectivity index (χ0n) is 19.2. The van der Waals surface area contributed by atoms with Crippen molar-refractivity contribution in [1.82, 2.24) is 4.98 Å². The van der Waals surface area contributed by atoms with Crippen LogP contribution in [0.15, 0.2) is 24.3 Å². The van der Waals surface area contributed by atoms with Crippen molar-refractivity contribution in [1.29, 1.82) is 0 Å². The second-order valence-corrected chi connectivity index (χ2v) is 10.1. The molecule has 2 heterocycles. The number of methoxy groups -OCH3 is 1. The van der Waals surface area contributed by atoms with Gasteiger partial charge in [-0.3, -0.25) is 9.78 Å². The van der Waals surface area contributed by atoms with Gasteiger partial charge in [-0.1, -0.05) is 25.1 Å². The fraction of sp³-hybridized carbons (Fsp3) is 0.385. The zero-order chi connectivity index (χ0) is 23.8. The number of aryl methyl sites for hydroxylation is 2. The maximum atomic E-state index is 13.2. The number of amides is 1. The highest BCUT2D eigenvalue weighted by atomic mass is 32.1. The van der Waals surface area contributed by atoms with Crippen LogP contribution in [-0.4, -0.2) is 36.5 Å². The summed E-state index contributed by atoms with van der Waals surface area (Å²) < 4.78 is 10.4.